The first-order valence-corrected chi connectivity index (χ1v) is 7.25. The molecule has 1 aromatic carbocycles. The van der Waals surface area contributed by atoms with Crippen molar-refractivity contribution in [3.8, 4) is 0 Å². The Hall–Kier alpha value is -2.17. The number of hydrogen-bond donors (Lipinski definition) is 1. The zero-order chi connectivity index (χ0) is 14.7. The maximum atomic E-state index is 12.9. The summed E-state index contributed by atoms with van der Waals surface area (Å²) in [6.45, 7) is 1.52. The number of amides is 1. The van der Waals surface area contributed by atoms with E-state index in [9.17, 15) is 9.18 Å². The van der Waals surface area contributed by atoms with Gasteiger partial charge in [0.1, 0.15) is 5.82 Å². The lowest BCUT2D eigenvalue weighted by molar-refractivity contribution is 0.0672. The maximum absolute atomic E-state index is 12.9. The number of halogens is 1. The van der Waals surface area contributed by atoms with Crippen LogP contribution in [-0.2, 0) is 6.42 Å². The van der Waals surface area contributed by atoms with Crippen molar-refractivity contribution in [3.05, 3.63) is 53.6 Å². The molecule has 3 rings (SSSR count). The fourth-order valence-corrected chi connectivity index (χ4v) is 2.90. The van der Waals surface area contributed by atoms with E-state index in [1.165, 1.54) is 12.1 Å². The van der Waals surface area contributed by atoms with Crippen molar-refractivity contribution < 1.29 is 9.18 Å². The largest absolute Gasteiger partial charge is 0.338 e. The van der Waals surface area contributed by atoms with Crippen molar-refractivity contribution in [1.29, 1.82) is 0 Å². The van der Waals surface area contributed by atoms with Crippen LogP contribution in [0.2, 0.25) is 0 Å². The van der Waals surface area contributed by atoms with Gasteiger partial charge in [0.25, 0.3) is 5.91 Å². The van der Waals surface area contributed by atoms with E-state index in [0.717, 1.165) is 38.0 Å². The van der Waals surface area contributed by atoms with E-state index in [2.05, 4.69) is 10.2 Å². The standard InChI is InChI=1S/C16H18FN3O/c17-14-5-3-13(4-6-14)16(21)20-9-1-2-12(11-20)10-15-7-8-18-19-15/h3-8,12H,1-2,9-11H2,(H,18,19). The minimum absolute atomic E-state index is 0.00990. The second kappa shape index (κ2) is 6.08. The molecule has 0 aliphatic carbocycles. The first-order chi connectivity index (χ1) is 10.2. The van der Waals surface area contributed by atoms with Crippen LogP contribution in [0.4, 0.5) is 4.39 Å². The molecular formula is C16H18FN3O. The Morgan fingerprint density at radius 3 is 2.86 bits per heavy atom. The predicted octanol–water partition coefficient (Wildman–Crippen LogP) is 2.64. The molecule has 1 amide bonds. The lowest BCUT2D eigenvalue weighted by Gasteiger charge is -2.32. The van der Waals surface area contributed by atoms with E-state index >= 15 is 0 Å². The highest BCUT2D eigenvalue weighted by atomic mass is 19.1. The highest BCUT2D eigenvalue weighted by Gasteiger charge is 2.24. The molecule has 1 atom stereocenters. The average molecular weight is 287 g/mol. The molecule has 2 aromatic rings. The van der Waals surface area contributed by atoms with Gasteiger partial charge in [0.15, 0.2) is 0 Å². The van der Waals surface area contributed by atoms with Crippen LogP contribution in [0.1, 0.15) is 28.9 Å². The average Bonchev–Trinajstić information content (AvgIpc) is 3.00. The summed E-state index contributed by atoms with van der Waals surface area (Å²) in [7, 11) is 0. The number of piperidine rings is 1. The number of aromatic nitrogens is 2. The molecule has 0 radical (unpaired) electrons. The van der Waals surface area contributed by atoms with Crippen molar-refractivity contribution in [2.45, 2.75) is 19.3 Å². The van der Waals surface area contributed by atoms with E-state index in [1.54, 1.807) is 18.3 Å². The summed E-state index contributed by atoms with van der Waals surface area (Å²) >= 11 is 0. The molecular weight excluding hydrogens is 269 g/mol. The Kier molecular flexibility index (Phi) is 3.99. The number of nitrogens with one attached hydrogen (secondary N) is 1. The summed E-state index contributed by atoms with van der Waals surface area (Å²) in [5.41, 5.74) is 1.66. The number of benzene rings is 1. The summed E-state index contributed by atoms with van der Waals surface area (Å²) in [4.78, 5) is 14.3. The van der Waals surface area contributed by atoms with E-state index in [1.807, 2.05) is 11.0 Å². The van der Waals surface area contributed by atoms with E-state index in [-0.39, 0.29) is 11.7 Å². The molecule has 21 heavy (non-hydrogen) atoms. The molecule has 0 saturated carbocycles. The van der Waals surface area contributed by atoms with Gasteiger partial charge in [-0.05, 0) is 55.5 Å². The van der Waals surface area contributed by atoms with Crippen LogP contribution in [0.15, 0.2) is 36.5 Å². The first kappa shape index (κ1) is 13.8. The smallest absolute Gasteiger partial charge is 0.253 e. The Morgan fingerprint density at radius 2 is 2.14 bits per heavy atom. The number of H-pyrrole nitrogens is 1. The summed E-state index contributed by atoms with van der Waals surface area (Å²) in [5.74, 6) is 0.121. The first-order valence-electron chi connectivity index (χ1n) is 7.25. The van der Waals surface area contributed by atoms with Crippen molar-refractivity contribution in [3.63, 3.8) is 0 Å². The van der Waals surface area contributed by atoms with Crippen molar-refractivity contribution in [2.75, 3.05) is 13.1 Å². The van der Waals surface area contributed by atoms with Gasteiger partial charge in [-0.3, -0.25) is 9.89 Å². The van der Waals surface area contributed by atoms with Gasteiger partial charge in [0.2, 0.25) is 0 Å². The number of carbonyl (C=O) groups excluding carboxylic acids is 1. The molecule has 1 fully saturated rings. The van der Waals surface area contributed by atoms with Crippen LogP contribution >= 0.6 is 0 Å². The number of rotatable bonds is 3. The van der Waals surface area contributed by atoms with Gasteiger partial charge in [-0.15, -0.1) is 0 Å². The van der Waals surface area contributed by atoms with Crippen molar-refractivity contribution in [1.82, 2.24) is 15.1 Å². The fraction of sp³-hybridized carbons (Fsp3) is 0.375. The van der Waals surface area contributed by atoms with Crippen molar-refractivity contribution >= 4 is 5.91 Å². The molecule has 5 heteroatoms. The van der Waals surface area contributed by atoms with E-state index < -0.39 is 0 Å². The van der Waals surface area contributed by atoms with Crippen LogP contribution in [0.3, 0.4) is 0 Å². The predicted molar refractivity (Wildman–Crippen MR) is 77.3 cm³/mol. The molecule has 2 heterocycles. The Bertz CT molecular complexity index is 594. The van der Waals surface area contributed by atoms with Gasteiger partial charge in [0, 0.05) is 30.5 Å². The minimum atomic E-state index is -0.317. The highest BCUT2D eigenvalue weighted by molar-refractivity contribution is 5.94. The third kappa shape index (κ3) is 3.29. The molecule has 0 bridgehead atoms. The van der Waals surface area contributed by atoms with Gasteiger partial charge in [-0.25, -0.2) is 4.39 Å². The zero-order valence-electron chi connectivity index (χ0n) is 11.8. The summed E-state index contributed by atoms with van der Waals surface area (Å²) in [6, 6.07) is 7.74. The highest BCUT2D eigenvalue weighted by Crippen LogP contribution is 2.21. The summed E-state index contributed by atoms with van der Waals surface area (Å²) < 4.78 is 12.9. The van der Waals surface area contributed by atoms with Crippen molar-refractivity contribution in [2.24, 2.45) is 5.92 Å². The molecule has 0 spiro atoms. The summed E-state index contributed by atoms with van der Waals surface area (Å²) in [6.07, 6.45) is 4.78. The lowest BCUT2D eigenvalue weighted by atomic mass is 9.93. The third-order valence-electron chi connectivity index (χ3n) is 3.96. The molecule has 1 N–H and O–H groups in total. The zero-order valence-corrected chi connectivity index (χ0v) is 11.8. The molecule has 1 aliphatic rings. The van der Waals surface area contributed by atoms with Crippen LogP contribution in [-0.4, -0.2) is 34.1 Å². The van der Waals surface area contributed by atoms with Crippen LogP contribution in [0, 0.1) is 11.7 Å². The Morgan fingerprint density at radius 1 is 1.33 bits per heavy atom. The topological polar surface area (TPSA) is 49.0 Å². The Balaban J connectivity index is 1.65. The molecule has 4 nitrogen and oxygen atoms in total. The quantitative estimate of drug-likeness (QED) is 0.943. The fourth-order valence-electron chi connectivity index (χ4n) is 2.90. The monoisotopic (exact) mass is 287 g/mol. The van der Waals surface area contributed by atoms with E-state index in [0.29, 0.717) is 11.5 Å². The van der Waals surface area contributed by atoms with Gasteiger partial charge >= 0.3 is 0 Å². The van der Waals surface area contributed by atoms with E-state index in [4.69, 9.17) is 0 Å². The van der Waals surface area contributed by atoms with Crippen LogP contribution < -0.4 is 0 Å². The molecule has 1 unspecified atom stereocenters. The minimum Gasteiger partial charge on any atom is -0.338 e. The number of carbonyl (C=O) groups is 1. The molecule has 1 aliphatic heterocycles. The van der Waals surface area contributed by atoms with Gasteiger partial charge < -0.3 is 4.90 Å². The van der Waals surface area contributed by atoms with Crippen LogP contribution in [0.25, 0.3) is 0 Å². The lowest BCUT2D eigenvalue weighted by Crippen LogP contribution is -2.40. The Labute approximate surface area is 123 Å². The molecule has 1 aromatic heterocycles. The number of likely N-dealkylation sites (tertiary alicyclic amines) is 1. The number of nitrogens with zero attached hydrogens (tertiary/aromatic N) is 2. The van der Waals surface area contributed by atoms with Crippen LogP contribution in [0.5, 0.6) is 0 Å². The summed E-state index contributed by atoms with van der Waals surface area (Å²) in [5, 5.41) is 6.93. The van der Waals surface area contributed by atoms with Gasteiger partial charge in [-0.2, -0.15) is 5.10 Å². The third-order valence-corrected chi connectivity index (χ3v) is 3.96. The molecule has 1 saturated heterocycles. The molecule has 110 valence electrons. The van der Waals surface area contributed by atoms with Gasteiger partial charge in [-0.1, -0.05) is 0 Å². The number of aromatic amines is 1. The second-order valence-electron chi connectivity index (χ2n) is 5.55. The maximum Gasteiger partial charge on any atom is 0.253 e. The SMILES string of the molecule is O=C(c1ccc(F)cc1)N1CCCC(Cc2ccn[nH]2)C1. The van der Waals surface area contributed by atoms with Gasteiger partial charge in [0.05, 0.1) is 0 Å². The number of hydrogen-bond acceptors (Lipinski definition) is 2. The second-order valence-corrected chi connectivity index (χ2v) is 5.55. The normalized spacial score (nSPS) is 18.7.